The van der Waals surface area contributed by atoms with Crippen LogP contribution < -0.4 is 0 Å². The minimum atomic E-state index is -6.24. The number of hydrogen-bond donors (Lipinski definition) is 0. The molecule has 0 atom stereocenters. The van der Waals surface area contributed by atoms with Crippen LogP contribution in [0.1, 0.15) is 0 Å². The molecule has 0 bridgehead atoms. The molecule has 0 unspecified atom stereocenters. The molecule has 0 radical (unpaired) electrons. The Kier molecular flexibility index (Phi) is 3.64. The average Bonchev–Trinajstić information content (AvgIpc) is 1.58. The second-order valence-electron chi connectivity index (χ2n) is 1.57. The Morgan fingerprint density at radius 1 is 0.727 bits per heavy atom. The summed E-state index contributed by atoms with van der Waals surface area (Å²) >= 11 is -2.84. The van der Waals surface area contributed by atoms with Crippen molar-refractivity contribution in [1.29, 1.82) is 0 Å². The van der Waals surface area contributed by atoms with Gasteiger partial charge in [-0.15, -0.1) is 0 Å². The van der Waals surface area contributed by atoms with Crippen LogP contribution in [0.5, 0.6) is 0 Å². The zero-order valence-corrected chi connectivity index (χ0v) is 10.5. The first-order valence-corrected chi connectivity index (χ1v) is 17.7. The van der Waals surface area contributed by atoms with Crippen LogP contribution >= 0.6 is 25.4 Å². The summed E-state index contributed by atoms with van der Waals surface area (Å²) in [5.41, 5.74) is 0. The molecule has 9 heteroatoms. The van der Waals surface area contributed by atoms with Crippen LogP contribution in [0.15, 0.2) is 0 Å². The van der Waals surface area contributed by atoms with Crippen LogP contribution in [-0.4, -0.2) is 22.3 Å². The Morgan fingerprint density at radius 3 is 0.909 bits per heavy atom. The summed E-state index contributed by atoms with van der Waals surface area (Å²) in [5.74, 6) is 0. The van der Waals surface area contributed by atoms with E-state index in [0.717, 1.165) is 0 Å². The van der Waals surface area contributed by atoms with Gasteiger partial charge in [0.15, 0.2) is 0 Å². The Labute approximate surface area is 73.7 Å². The van der Waals surface area contributed by atoms with E-state index in [0.29, 0.717) is 0 Å². The van der Waals surface area contributed by atoms with Gasteiger partial charge in [-0.1, -0.05) is 0 Å². The molecule has 11 heavy (non-hydrogen) atoms. The molecule has 0 aromatic carbocycles. The van der Waals surface area contributed by atoms with Crippen molar-refractivity contribution in [2.45, 2.75) is 8.38 Å². The molecular weight excluding hydrogens is 417 g/mol. The van der Waals surface area contributed by atoms with Crippen molar-refractivity contribution >= 4 is 39.3 Å². The molecule has 0 fully saturated rings. The number of hydrogen-bond acceptors (Lipinski definition) is 0. The molecule has 0 aromatic rings. The molecule has 0 spiro atoms. The second-order valence-corrected chi connectivity index (χ2v) is 31.2. The van der Waals surface area contributed by atoms with Crippen molar-refractivity contribution in [1.82, 2.24) is 0 Å². The molecule has 0 aromatic heterocycles. The van der Waals surface area contributed by atoms with E-state index in [1.54, 1.807) is 25.4 Å². The normalized spacial score (nSPS) is 15.3. The first-order chi connectivity index (χ1) is 4.50. The van der Waals surface area contributed by atoms with Gasteiger partial charge in [0.05, 0.1) is 0 Å². The molecule has 0 saturated carbocycles. The zero-order valence-electron chi connectivity index (χ0n) is 4.52. The molecular formula is C2Br2F6Sn. The van der Waals surface area contributed by atoms with Crippen molar-refractivity contribution < 1.29 is 26.3 Å². The maximum atomic E-state index is 11.6. The summed E-state index contributed by atoms with van der Waals surface area (Å²) in [6, 6.07) is 0. The van der Waals surface area contributed by atoms with Crippen molar-refractivity contribution in [2.75, 3.05) is 0 Å². The van der Waals surface area contributed by atoms with E-state index in [4.69, 9.17) is 0 Å². The van der Waals surface area contributed by atoms with Gasteiger partial charge in [-0.05, 0) is 0 Å². The van der Waals surface area contributed by atoms with E-state index in [1.807, 2.05) is 0 Å². The van der Waals surface area contributed by atoms with Crippen LogP contribution in [0.2, 0.25) is 0 Å². The van der Waals surface area contributed by atoms with E-state index in [-0.39, 0.29) is 0 Å². The topological polar surface area (TPSA) is 0 Å². The molecule has 0 saturated heterocycles. The van der Waals surface area contributed by atoms with E-state index >= 15 is 0 Å². The van der Waals surface area contributed by atoms with Crippen LogP contribution in [-0.2, 0) is 0 Å². The van der Waals surface area contributed by atoms with Crippen LogP contribution in [0, 0.1) is 0 Å². The summed E-state index contributed by atoms with van der Waals surface area (Å²) in [5, 5.41) is 0. The van der Waals surface area contributed by atoms with Gasteiger partial charge in [0.1, 0.15) is 0 Å². The summed E-state index contributed by atoms with van der Waals surface area (Å²) in [7, 11) is 0. The van der Waals surface area contributed by atoms with Crippen LogP contribution in [0.4, 0.5) is 26.3 Å². The fourth-order valence-electron chi connectivity index (χ4n) is 0.161. The molecule has 0 aliphatic heterocycles. The summed E-state index contributed by atoms with van der Waals surface area (Å²) in [4.78, 5) is 0. The first-order valence-electron chi connectivity index (χ1n) is 2.01. The van der Waals surface area contributed by atoms with E-state index in [1.165, 1.54) is 0 Å². The zero-order chi connectivity index (χ0) is 9.50. The Morgan fingerprint density at radius 2 is 0.909 bits per heavy atom. The van der Waals surface area contributed by atoms with Crippen molar-refractivity contribution in [3.8, 4) is 0 Å². The number of rotatable bonds is 0. The number of alkyl halides is 6. The Bertz CT molecular complexity index is 130. The average molecular weight is 417 g/mol. The van der Waals surface area contributed by atoms with Crippen LogP contribution in [0.25, 0.3) is 0 Å². The predicted octanol–water partition coefficient (Wildman–Crippen LogP) is 3.42. The van der Waals surface area contributed by atoms with Gasteiger partial charge < -0.3 is 0 Å². The van der Waals surface area contributed by atoms with Gasteiger partial charge in [0.25, 0.3) is 0 Å². The first kappa shape index (κ1) is 12.3. The van der Waals surface area contributed by atoms with Crippen molar-refractivity contribution in [3.63, 3.8) is 0 Å². The molecule has 0 N–H and O–H groups in total. The van der Waals surface area contributed by atoms with E-state index in [2.05, 4.69) is 0 Å². The Hall–Kier alpha value is 1.34. The van der Waals surface area contributed by atoms with E-state index < -0.39 is 22.3 Å². The maximum absolute atomic E-state index is 11.6. The molecule has 0 amide bonds. The monoisotopic (exact) mass is 416 g/mol. The second kappa shape index (κ2) is 3.24. The molecule has 0 aliphatic rings. The minimum absolute atomic E-state index is 1.70. The van der Waals surface area contributed by atoms with Crippen molar-refractivity contribution in [3.05, 3.63) is 0 Å². The fourth-order valence-corrected chi connectivity index (χ4v) is 1.08. The predicted molar refractivity (Wildman–Crippen MR) is 35.7 cm³/mol. The van der Waals surface area contributed by atoms with E-state index in [9.17, 15) is 26.3 Å². The van der Waals surface area contributed by atoms with Gasteiger partial charge in [-0.3, -0.25) is 0 Å². The standard InChI is InChI=1S/2CF3.2BrH.Sn/c2*2-1(3)4;;;/h;;2*1H;/q;;;;+2/p-2. The molecule has 0 nitrogen and oxygen atoms in total. The fraction of sp³-hybridized carbons (Fsp3) is 1.00. The third-order valence-corrected chi connectivity index (χ3v) is 16.8. The quantitative estimate of drug-likeness (QED) is 0.419. The molecule has 0 aliphatic carbocycles. The molecule has 68 valence electrons. The summed E-state index contributed by atoms with van der Waals surface area (Å²) in [6.45, 7) is 0. The number of halogens is 8. The summed E-state index contributed by atoms with van der Waals surface area (Å²) in [6.07, 6.45) is 0. The third-order valence-electron chi connectivity index (χ3n) is 0.712. The summed E-state index contributed by atoms with van der Waals surface area (Å²) < 4.78 is 59.3. The van der Waals surface area contributed by atoms with Crippen LogP contribution in [0.3, 0.4) is 0 Å². The van der Waals surface area contributed by atoms with Gasteiger partial charge in [0, 0.05) is 0 Å². The van der Waals surface area contributed by atoms with Gasteiger partial charge in [-0.2, -0.15) is 0 Å². The third kappa shape index (κ3) is 2.64. The van der Waals surface area contributed by atoms with Crippen molar-refractivity contribution in [2.24, 2.45) is 0 Å². The van der Waals surface area contributed by atoms with Gasteiger partial charge in [-0.25, -0.2) is 0 Å². The molecule has 0 heterocycles. The Balaban J connectivity index is 4.75. The van der Waals surface area contributed by atoms with Gasteiger partial charge in [0.2, 0.25) is 0 Å². The molecule has 0 rings (SSSR count). The SMILES string of the molecule is F[C](F)(F)[Sn]([Br])([Br])[C](F)(F)F. The van der Waals surface area contributed by atoms with Gasteiger partial charge >= 0.3 is 74.1 Å².